The molecule has 1 aromatic carbocycles. The fourth-order valence-corrected chi connectivity index (χ4v) is 3.35. The number of carboxylic acid groups (broad SMARTS) is 1. The van der Waals surface area contributed by atoms with Gasteiger partial charge in [0.2, 0.25) is 11.8 Å². The van der Waals surface area contributed by atoms with Gasteiger partial charge in [-0.1, -0.05) is 12.1 Å². The monoisotopic (exact) mass is 346 g/mol. The lowest BCUT2D eigenvalue weighted by Crippen LogP contribution is -2.32. The van der Waals surface area contributed by atoms with Crippen molar-refractivity contribution in [1.82, 2.24) is 9.78 Å². The highest BCUT2D eigenvalue weighted by molar-refractivity contribution is 8.01. The van der Waals surface area contributed by atoms with Crippen molar-refractivity contribution in [2.45, 2.75) is 23.1 Å². The Kier molecular flexibility index (Phi) is 4.52. The molecule has 0 saturated heterocycles. The highest BCUT2D eigenvalue weighted by atomic mass is 32.2. The number of benzene rings is 1. The molecule has 0 spiro atoms. The van der Waals surface area contributed by atoms with Crippen molar-refractivity contribution in [3.8, 4) is 0 Å². The quantitative estimate of drug-likeness (QED) is 0.754. The van der Waals surface area contributed by atoms with Gasteiger partial charge < -0.3 is 15.7 Å². The molecule has 2 aromatic rings. The molecule has 1 atom stereocenters. The van der Waals surface area contributed by atoms with E-state index in [1.807, 2.05) is 24.3 Å². The van der Waals surface area contributed by atoms with Crippen LogP contribution in [0.4, 0.5) is 11.5 Å². The zero-order valence-corrected chi connectivity index (χ0v) is 13.2. The molecule has 9 heteroatoms. The van der Waals surface area contributed by atoms with Crippen molar-refractivity contribution < 1.29 is 19.5 Å². The second-order valence-corrected chi connectivity index (χ2v) is 6.38. The molecule has 3 N–H and O–H groups in total. The Balaban J connectivity index is 1.60. The van der Waals surface area contributed by atoms with E-state index in [1.54, 1.807) is 0 Å². The zero-order chi connectivity index (χ0) is 17.1. The highest BCUT2D eigenvalue weighted by Crippen LogP contribution is 2.36. The summed E-state index contributed by atoms with van der Waals surface area (Å²) in [6.07, 6.45) is 1.46. The predicted octanol–water partition coefficient (Wildman–Crippen LogP) is 1.41. The van der Waals surface area contributed by atoms with E-state index in [1.165, 1.54) is 28.7 Å². The first-order valence-corrected chi connectivity index (χ1v) is 8.01. The van der Waals surface area contributed by atoms with Crippen LogP contribution >= 0.6 is 11.8 Å². The number of carboxylic acids is 1. The number of aliphatic carboxylic acids is 1. The van der Waals surface area contributed by atoms with Crippen molar-refractivity contribution in [1.29, 1.82) is 0 Å². The van der Waals surface area contributed by atoms with Crippen LogP contribution in [0.25, 0.3) is 0 Å². The molecule has 8 nitrogen and oxygen atoms in total. The average molecular weight is 346 g/mol. The topological polar surface area (TPSA) is 113 Å². The maximum Gasteiger partial charge on any atom is 0.325 e. The lowest BCUT2D eigenvalue weighted by molar-refractivity contribution is -0.137. The minimum atomic E-state index is -1.02. The molecule has 1 aromatic heterocycles. The second kappa shape index (κ2) is 6.75. The number of rotatable bonds is 5. The van der Waals surface area contributed by atoms with Gasteiger partial charge in [-0.2, -0.15) is 5.10 Å². The van der Waals surface area contributed by atoms with Crippen LogP contribution in [0.1, 0.15) is 6.42 Å². The molecule has 0 bridgehead atoms. The third-order valence-corrected chi connectivity index (χ3v) is 4.56. The maximum atomic E-state index is 12.1. The lowest BCUT2D eigenvalue weighted by atomic mass is 10.2. The summed E-state index contributed by atoms with van der Waals surface area (Å²) in [6, 6.07) is 8.91. The summed E-state index contributed by atoms with van der Waals surface area (Å²) >= 11 is 1.34. The van der Waals surface area contributed by atoms with E-state index in [2.05, 4.69) is 15.7 Å². The standard InChI is InChI=1S/C15H14N4O4S/c20-13(17-12-5-6-19(18-12)8-14(21)22)7-11-15(23)16-9-3-1-2-4-10(9)24-11/h1-6,11H,7-8H2,(H,16,23)(H,21,22)(H,17,18,20)/t11-/m1/s1. The molecule has 1 aliphatic heterocycles. The lowest BCUT2D eigenvalue weighted by Gasteiger charge is -2.23. The van der Waals surface area contributed by atoms with Gasteiger partial charge in [-0.05, 0) is 12.1 Å². The number of nitrogens with zero attached hydrogens (tertiary/aromatic N) is 2. The summed E-state index contributed by atoms with van der Waals surface area (Å²) in [7, 11) is 0. The molecule has 0 aliphatic carbocycles. The van der Waals surface area contributed by atoms with Crippen LogP contribution in [0.3, 0.4) is 0 Å². The number of fused-ring (bicyclic) bond motifs is 1. The summed E-state index contributed by atoms with van der Waals surface area (Å²) in [5.41, 5.74) is 0.747. The Morgan fingerprint density at radius 3 is 2.92 bits per heavy atom. The number of amides is 2. The number of para-hydroxylation sites is 1. The number of thioether (sulfide) groups is 1. The first-order chi connectivity index (χ1) is 11.5. The van der Waals surface area contributed by atoms with Crippen LogP contribution in [0.2, 0.25) is 0 Å². The molecule has 0 unspecified atom stereocenters. The molecule has 3 rings (SSSR count). The van der Waals surface area contributed by atoms with Crippen LogP contribution in [0, 0.1) is 0 Å². The van der Waals surface area contributed by atoms with Gasteiger partial charge in [0.1, 0.15) is 6.54 Å². The van der Waals surface area contributed by atoms with E-state index in [0.29, 0.717) is 0 Å². The Morgan fingerprint density at radius 1 is 1.33 bits per heavy atom. The minimum Gasteiger partial charge on any atom is -0.480 e. The van der Waals surface area contributed by atoms with Crippen molar-refractivity contribution >= 4 is 41.1 Å². The van der Waals surface area contributed by atoms with Crippen LogP contribution in [-0.2, 0) is 20.9 Å². The molecule has 24 heavy (non-hydrogen) atoms. The molecule has 1 aliphatic rings. The fraction of sp³-hybridized carbons (Fsp3) is 0.200. The summed E-state index contributed by atoms with van der Waals surface area (Å²) in [6.45, 7) is -0.284. The van der Waals surface area contributed by atoms with Gasteiger partial charge in [-0.15, -0.1) is 11.8 Å². The van der Waals surface area contributed by atoms with Gasteiger partial charge in [0.05, 0.1) is 10.9 Å². The summed E-state index contributed by atoms with van der Waals surface area (Å²) in [4.78, 5) is 35.7. The number of hydrogen-bond acceptors (Lipinski definition) is 5. The van der Waals surface area contributed by atoms with Crippen LogP contribution in [0.15, 0.2) is 41.4 Å². The number of aromatic nitrogens is 2. The third kappa shape index (κ3) is 3.74. The Labute approximate surface area is 141 Å². The number of hydrogen-bond donors (Lipinski definition) is 3. The maximum absolute atomic E-state index is 12.1. The van der Waals surface area contributed by atoms with E-state index in [9.17, 15) is 14.4 Å². The summed E-state index contributed by atoms with van der Waals surface area (Å²) in [5, 5.41) is 17.4. The Bertz CT molecular complexity index is 804. The second-order valence-electron chi connectivity index (χ2n) is 5.14. The summed E-state index contributed by atoms with van der Waals surface area (Å²) < 4.78 is 1.20. The van der Waals surface area contributed by atoms with Gasteiger partial charge in [0.15, 0.2) is 5.82 Å². The Morgan fingerprint density at radius 2 is 2.12 bits per heavy atom. The largest absolute Gasteiger partial charge is 0.480 e. The van der Waals surface area contributed by atoms with Crippen LogP contribution in [0.5, 0.6) is 0 Å². The predicted molar refractivity (Wildman–Crippen MR) is 87.8 cm³/mol. The molecule has 0 saturated carbocycles. The number of carbonyl (C=O) groups excluding carboxylic acids is 2. The number of anilines is 2. The number of carbonyl (C=O) groups is 3. The molecule has 124 valence electrons. The smallest absolute Gasteiger partial charge is 0.325 e. The third-order valence-electron chi connectivity index (χ3n) is 3.28. The molecule has 2 amide bonds. The van der Waals surface area contributed by atoms with Gasteiger partial charge in [-0.25, -0.2) is 0 Å². The van der Waals surface area contributed by atoms with E-state index in [4.69, 9.17) is 5.11 Å². The van der Waals surface area contributed by atoms with E-state index >= 15 is 0 Å². The number of nitrogens with one attached hydrogen (secondary N) is 2. The molecule has 0 fully saturated rings. The minimum absolute atomic E-state index is 0.00335. The van der Waals surface area contributed by atoms with Crippen molar-refractivity contribution in [3.63, 3.8) is 0 Å². The van der Waals surface area contributed by atoms with Crippen molar-refractivity contribution in [2.24, 2.45) is 0 Å². The molecule has 0 radical (unpaired) electrons. The first-order valence-electron chi connectivity index (χ1n) is 7.13. The SMILES string of the molecule is O=C(O)Cn1ccc(NC(=O)C[C@H]2Sc3ccccc3NC2=O)n1. The van der Waals surface area contributed by atoms with Gasteiger partial charge in [0.25, 0.3) is 0 Å². The Hall–Kier alpha value is -2.81. The van der Waals surface area contributed by atoms with E-state index in [-0.39, 0.29) is 30.6 Å². The normalized spacial score (nSPS) is 16.2. The highest BCUT2D eigenvalue weighted by Gasteiger charge is 2.28. The zero-order valence-electron chi connectivity index (χ0n) is 12.4. The van der Waals surface area contributed by atoms with Crippen LogP contribution in [-0.4, -0.2) is 37.9 Å². The van der Waals surface area contributed by atoms with Gasteiger partial charge >= 0.3 is 5.97 Å². The van der Waals surface area contributed by atoms with Gasteiger partial charge in [-0.3, -0.25) is 19.1 Å². The van der Waals surface area contributed by atoms with Crippen molar-refractivity contribution in [2.75, 3.05) is 10.6 Å². The van der Waals surface area contributed by atoms with Crippen LogP contribution < -0.4 is 10.6 Å². The van der Waals surface area contributed by atoms with E-state index in [0.717, 1.165) is 10.6 Å². The van der Waals surface area contributed by atoms with Gasteiger partial charge in [0, 0.05) is 23.6 Å². The van der Waals surface area contributed by atoms with Crippen molar-refractivity contribution in [3.05, 3.63) is 36.5 Å². The summed E-state index contributed by atoms with van der Waals surface area (Å²) in [5.74, 6) is -1.35. The fourth-order valence-electron chi connectivity index (χ4n) is 2.24. The van der Waals surface area contributed by atoms with E-state index < -0.39 is 11.2 Å². The first kappa shape index (κ1) is 16.1. The molecular weight excluding hydrogens is 332 g/mol. The average Bonchev–Trinajstić information content (AvgIpc) is 2.94. The molecular formula is C15H14N4O4S. The molecule has 2 heterocycles.